The van der Waals surface area contributed by atoms with Gasteiger partial charge in [0, 0.05) is 19.6 Å². The standard InChI is InChI=1S/C11H25N3O2S/c1-3-12-6-8-17(15,16)13-9-11-5-7-14(4-2)10-11/h11-13H,3-10H2,1-2H3. The first-order valence-electron chi connectivity index (χ1n) is 6.47. The van der Waals surface area contributed by atoms with E-state index in [0.29, 0.717) is 19.0 Å². The zero-order valence-electron chi connectivity index (χ0n) is 10.9. The van der Waals surface area contributed by atoms with Crippen molar-refractivity contribution in [1.29, 1.82) is 0 Å². The Labute approximate surface area is 105 Å². The van der Waals surface area contributed by atoms with Crippen LogP contribution in [-0.4, -0.2) is 58.3 Å². The van der Waals surface area contributed by atoms with E-state index in [4.69, 9.17) is 0 Å². The van der Waals surface area contributed by atoms with Crippen molar-refractivity contribution in [3.8, 4) is 0 Å². The van der Waals surface area contributed by atoms with Crippen LogP contribution in [0.2, 0.25) is 0 Å². The summed E-state index contributed by atoms with van der Waals surface area (Å²) in [4.78, 5) is 2.36. The van der Waals surface area contributed by atoms with Gasteiger partial charge in [-0.05, 0) is 32.0 Å². The smallest absolute Gasteiger partial charge is 0.212 e. The maximum atomic E-state index is 11.6. The monoisotopic (exact) mass is 263 g/mol. The van der Waals surface area contributed by atoms with Crippen LogP contribution in [0, 0.1) is 5.92 Å². The molecule has 6 heteroatoms. The van der Waals surface area contributed by atoms with E-state index in [2.05, 4.69) is 21.9 Å². The molecule has 1 saturated heterocycles. The van der Waals surface area contributed by atoms with Crippen molar-refractivity contribution in [1.82, 2.24) is 14.9 Å². The Morgan fingerprint density at radius 2 is 2.12 bits per heavy atom. The van der Waals surface area contributed by atoms with Gasteiger partial charge in [-0.15, -0.1) is 0 Å². The summed E-state index contributed by atoms with van der Waals surface area (Å²) in [6, 6.07) is 0. The van der Waals surface area contributed by atoms with E-state index in [1.165, 1.54) is 0 Å². The number of likely N-dealkylation sites (tertiary alicyclic amines) is 1. The first-order chi connectivity index (χ1) is 8.07. The van der Waals surface area contributed by atoms with Crippen molar-refractivity contribution in [3.63, 3.8) is 0 Å². The second kappa shape index (κ2) is 7.31. The van der Waals surface area contributed by atoms with Crippen LogP contribution >= 0.6 is 0 Å². The molecule has 5 nitrogen and oxygen atoms in total. The molecular weight excluding hydrogens is 238 g/mol. The summed E-state index contributed by atoms with van der Waals surface area (Å²) in [5, 5.41) is 3.02. The van der Waals surface area contributed by atoms with Crippen LogP contribution in [0.5, 0.6) is 0 Å². The molecule has 1 rings (SSSR count). The molecule has 0 aliphatic carbocycles. The van der Waals surface area contributed by atoms with Gasteiger partial charge in [-0.3, -0.25) is 0 Å². The van der Waals surface area contributed by atoms with Crippen molar-refractivity contribution < 1.29 is 8.42 Å². The van der Waals surface area contributed by atoms with Gasteiger partial charge in [0.2, 0.25) is 10.0 Å². The van der Waals surface area contributed by atoms with Gasteiger partial charge in [0.25, 0.3) is 0 Å². The van der Waals surface area contributed by atoms with E-state index in [-0.39, 0.29) is 5.75 Å². The molecule has 2 N–H and O–H groups in total. The molecular formula is C11H25N3O2S. The van der Waals surface area contributed by atoms with Crippen LogP contribution in [0.3, 0.4) is 0 Å². The maximum absolute atomic E-state index is 11.6. The van der Waals surface area contributed by atoms with Crippen LogP contribution < -0.4 is 10.0 Å². The summed E-state index contributed by atoms with van der Waals surface area (Å²) in [6.07, 6.45) is 1.10. The number of nitrogens with zero attached hydrogens (tertiary/aromatic N) is 1. The van der Waals surface area contributed by atoms with Gasteiger partial charge in [0.15, 0.2) is 0 Å². The minimum absolute atomic E-state index is 0.172. The number of nitrogens with one attached hydrogen (secondary N) is 2. The van der Waals surface area contributed by atoms with Gasteiger partial charge in [-0.25, -0.2) is 13.1 Å². The summed E-state index contributed by atoms with van der Waals surface area (Å²) in [5.41, 5.74) is 0. The summed E-state index contributed by atoms with van der Waals surface area (Å²) >= 11 is 0. The van der Waals surface area contributed by atoms with Crippen LogP contribution in [0.25, 0.3) is 0 Å². The fourth-order valence-electron chi connectivity index (χ4n) is 2.07. The van der Waals surface area contributed by atoms with Crippen molar-refractivity contribution in [2.45, 2.75) is 20.3 Å². The molecule has 0 amide bonds. The maximum Gasteiger partial charge on any atom is 0.212 e. The molecule has 0 spiro atoms. The quantitative estimate of drug-likeness (QED) is 0.598. The van der Waals surface area contributed by atoms with Crippen molar-refractivity contribution in [3.05, 3.63) is 0 Å². The molecule has 0 aromatic heterocycles. The number of hydrogen-bond donors (Lipinski definition) is 2. The van der Waals surface area contributed by atoms with E-state index < -0.39 is 10.0 Å². The molecule has 102 valence electrons. The highest BCUT2D eigenvalue weighted by molar-refractivity contribution is 7.89. The summed E-state index contributed by atoms with van der Waals surface area (Å²) in [7, 11) is -3.10. The number of hydrogen-bond acceptors (Lipinski definition) is 4. The second-order valence-electron chi connectivity index (χ2n) is 4.57. The SMILES string of the molecule is CCNCCS(=O)(=O)NCC1CCN(CC)C1. The Hall–Kier alpha value is -0.170. The molecule has 1 fully saturated rings. The zero-order chi connectivity index (χ0) is 12.7. The van der Waals surface area contributed by atoms with Crippen LogP contribution in [0.1, 0.15) is 20.3 Å². The van der Waals surface area contributed by atoms with Crippen LogP contribution in [-0.2, 0) is 10.0 Å². The average molecular weight is 263 g/mol. The molecule has 17 heavy (non-hydrogen) atoms. The molecule has 0 bridgehead atoms. The second-order valence-corrected chi connectivity index (χ2v) is 6.50. The van der Waals surface area contributed by atoms with Crippen molar-refractivity contribution in [2.24, 2.45) is 5.92 Å². The van der Waals surface area contributed by atoms with E-state index in [1.54, 1.807) is 0 Å². The van der Waals surface area contributed by atoms with Crippen molar-refractivity contribution >= 4 is 10.0 Å². The Balaban J connectivity index is 2.21. The van der Waals surface area contributed by atoms with Gasteiger partial charge in [-0.2, -0.15) is 0 Å². The van der Waals surface area contributed by atoms with Gasteiger partial charge < -0.3 is 10.2 Å². The third-order valence-corrected chi connectivity index (χ3v) is 4.55. The minimum Gasteiger partial charge on any atom is -0.316 e. The largest absolute Gasteiger partial charge is 0.316 e. The van der Waals surface area contributed by atoms with Crippen molar-refractivity contribution in [2.75, 3.05) is 45.0 Å². The van der Waals surface area contributed by atoms with Gasteiger partial charge in [-0.1, -0.05) is 13.8 Å². The third-order valence-electron chi connectivity index (χ3n) is 3.21. The summed E-state index contributed by atoms with van der Waals surface area (Å²) in [6.45, 7) is 9.21. The first-order valence-corrected chi connectivity index (χ1v) is 8.13. The molecule has 0 aromatic carbocycles. The molecule has 0 saturated carbocycles. The zero-order valence-corrected chi connectivity index (χ0v) is 11.7. The highest BCUT2D eigenvalue weighted by atomic mass is 32.2. The van der Waals surface area contributed by atoms with E-state index in [0.717, 1.165) is 32.6 Å². The Bertz CT molecular complexity index is 306. The molecule has 1 atom stereocenters. The fraction of sp³-hybridized carbons (Fsp3) is 1.00. The lowest BCUT2D eigenvalue weighted by atomic mass is 10.1. The Kier molecular flexibility index (Phi) is 6.40. The average Bonchev–Trinajstić information content (AvgIpc) is 2.75. The predicted molar refractivity (Wildman–Crippen MR) is 70.6 cm³/mol. The van der Waals surface area contributed by atoms with Crippen LogP contribution in [0.4, 0.5) is 0 Å². The Morgan fingerprint density at radius 1 is 1.35 bits per heavy atom. The highest BCUT2D eigenvalue weighted by Gasteiger charge is 2.22. The lowest BCUT2D eigenvalue weighted by Crippen LogP contribution is -2.35. The van der Waals surface area contributed by atoms with Crippen LogP contribution in [0.15, 0.2) is 0 Å². The van der Waals surface area contributed by atoms with E-state index >= 15 is 0 Å². The number of sulfonamides is 1. The minimum atomic E-state index is -3.10. The first kappa shape index (κ1) is 14.9. The lowest BCUT2D eigenvalue weighted by Gasteiger charge is -2.14. The van der Waals surface area contributed by atoms with E-state index in [9.17, 15) is 8.42 Å². The Morgan fingerprint density at radius 3 is 2.71 bits per heavy atom. The molecule has 1 aliphatic heterocycles. The molecule has 0 radical (unpaired) electrons. The number of rotatable bonds is 8. The molecule has 1 heterocycles. The fourth-order valence-corrected chi connectivity index (χ4v) is 3.11. The molecule has 1 aliphatic rings. The van der Waals surface area contributed by atoms with Gasteiger partial charge in [0.05, 0.1) is 5.75 Å². The normalized spacial score (nSPS) is 22.1. The lowest BCUT2D eigenvalue weighted by molar-refractivity contribution is 0.342. The van der Waals surface area contributed by atoms with E-state index in [1.807, 2.05) is 6.92 Å². The summed E-state index contributed by atoms with van der Waals surface area (Å²) in [5.74, 6) is 0.647. The summed E-state index contributed by atoms with van der Waals surface area (Å²) < 4.78 is 26.0. The predicted octanol–water partition coefficient (Wildman–Crippen LogP) is -0.143. The highest BCUT2D eigenvalue weighted by Crippen LogP contribution is 2.14. The topological polar surface area (TPSA) is 61.4 Å². The molecule has 0 aromatic rings. The third kappa shape index (κ3) is 5.81. The van der Waals surface area contributed by atoms with Gasteiger partial charge in [0.1, 0.15) is 0 Å². The molecule has 1 unspecified atom stereocenters. The van der Waals surface area contributed by atoms with Gasteiger partial charge >= 0.3 is 0 Å².